The molecule has 0 aliphatic rings. The zero-order valence-corrected chi connectivity index (χ0v) is 12.0. The van der Waals surface area contributed by atoms with Crippen LogP contribution in [0.3, 0.4) is 0 Å². The fourth-order valence-corrected chi connectivity index (χ4v) is 2.43. The highest BCUT2D eigenvalue weighted by molar-refractivity contribution is 6.33. The first-order valence-electron chi connectivity index (χ1n) is 5.86. The van der Waals surface area contributed by atoms with E-state index in [1.807, 2.05) is 0 Å². The first kappa shape index (κ1) is 13.8. The molecule has 3 aromatic rings. The van der Waals surface area contributed by atoms with Gasteiger partial charge in [-0.05, 0) is 40.8 Å². The summed E-state index contributed by atoms with van der Waals surface area (Å²) in [6, 6.07) is 9.21. The molecule has 1 aromatic heterocycles. The standard InChI is InChI=1S/C13H8Cl2FN5/c14-9-2-1-3-11(16)12(9)21-13(18-19-20-21)8-5-4-7(17)6-10(8)15/h1-6H,17H2. The molecule has 0 aliphatic heterocycles. The molecule has 0 saturated carbocycles. The Bertz CT molecular complexity index is 798. The molecule has 5 nitrogen and oxygen atoms in total. The second kappa shape index (κ2) is 5.31. The number of hydrogen-bond acceptors (Lipinski definition) is 4. The summed E-state index contributed by atoms with van der Waals surface area (Å²) in [5, 5.41) is 11.8. The van der Waals surface area contributed by atoms with E-state index in [9.17, 15) is 4.39 Å². The van der Waals surface area contributed by atoms with E-state index >= 15 is 0 Å². The number of nitrogens with two attached hydrogens (primary N) is 1. The van der Waals surface area contributed by atoms with Crippen molar-refractivity contribution < 1.29 is 4.39 Å². The zero-order chi connectivity index (χ0) is 15.0. The van der Waals surface area contributed by atoms with Crippen molar-refractivity contribution in [1.29, 1.82) is 0 Å². The number of aromatic nitrogens is 4. The molecule has 3 rings (SSSR count). The van der Waals surface area contributed by atoms with Crippen LogP contribution in [0.15, 0.2) is 36.4 Å². The number of halogens is 3. The number of anilines is 1. The number of nitrogen functional groups attached to an aromatic ring is 1. The molecule has 2 aromatic carbocycles. The van der Waals surface area contributed by atoms with Crippen LogP contribution in [-0.2, 0) is 0 Å². The third kappa shape index (κ3) is 2.43. The minimum absolute atomic E-state index is 0.0621. The summed E-state index contributed by atoms with van der Waals surface area (Å²) in [5.41, 5.74) is 6.75. The largest absolute Gasteiger partial charge is 0.399 e. The van der Waals surface area contributed by atoms with Crippen molar-refractivity contribution in [2.24, 2.45) is 0 Å². The summed E-state index contributed by atoms with van der Waals surface area (Å²) in [6.07, 6.45) is 0. The smallest absolute Gasteiger partial charge is 0.188 e. The lowest BCUT2D eigenvalue weighted by molar-refractivity contribution is 0.608. The Morgan fingerprint density at radius 3 is 2.62 bits per heavy atom. The second-order valence-corrected chi connectivity index (χ2v) is 5.04. The first-order chi connectivity index (χ1) is 10.1. The maximum atomic E-state index is 14.0. The maximum absolute atomic E-state index is 14.0. The van der Waals surface area contributed by atoms with Crippen molar-refractivity contribution in [3.8, 4) is 17.1 Å². The van der Waals surface area contributed by atoms with Crippen LogP contribution in [0.25, 0.3) is 17.1 Å². The van der Waals surface area contributed by atoms with Crippen LogP contribution in [0, 0.1) is 5.82 Å². The van der Waals surface area contributed by atoms with Crippen LogP contribution in [0.1, 0.15) is 0 Å². The predicted molar refractivity (Wildman–Crippen MR) is 79.0 cm³/mol. The Hall–Kier alpha value is -2.18. The first-order valence-corrected chi connectivity index (χ1v) is 6.61. The van der Waals surface area contributed by atoms with Crippen LogP contribution in [0.4, 0.5) is 10.1 Å². The highest BCUT2D eigenvalue weighted by Gasteiger charge is 2.18. The molecule has 1 heterocycles. The van der Waals surface area contributed by atoms with Gasteiger partial charge in [-0.3, -0.25) is 0 Å². The molecule has 0 fully saturated rings. The van der Waals surface area contributed by atoms with E-state index in [1.54, 1.807) is 24.3 Å². The van der Waals surface area contributed by atoms with Gasteiger partial charge in [0.25, 0.3) is 0 Å². The summed E-state index contributed by atoms with van der Waals surface area (Å²) in [6.45, 7) is 0. The van der Waals surface area contributed by atoms with E-state index in [0.29, 0.717) is 16.3 Å². The molecule has 8 heteroatoms. The van der Waals surface area contributed by atoms with Gasteiger partial charge in [0.1, 0.15) is 5.69 Å². The normalized spacial score (nSPS) is 10.8. The SMILES string of the molecule is Nc1ccc(-c2nnnn2-c2c(F)cccc2Cl)c(Cl)c1. The van der Waals surface area contributed by atoms with Crippen molar-refractivity contribution in [1.82, 2.24) is 20.2 Å². The minimum Gasteiger partial charge on any atom is -0.399 e. The molecular weight excluding hydrogens is 316 g/mol. The van der Waals surface area contributed by atoms with Crippen molar-refractivity contribution in [2.45, 2.75) is 0 Å². The molecule has 106 valence electrons. The Kier molecular flexibility index (Phi) is 3.48. The number of hydrogen-bond donors (Lipinski definition) is 1. The van der Waals surface area contributed by atoms with Crippen molar-refractivity contribution in [3.05, 3.63) is 52.3 Å². The lowest BCUT2D eigenvalue weighted by Crippen LogP contribution is -2.04. The molecule has 0 aliphatic carbocycles. The van der Waals surface area contributed by atoms with Crippen molar-refractivity contribution in [3.63, 3.8) is 0 Å². The Labute approximate surface area is 129 Å². The molecule has 0 unspecified atom stereocenters. The van der Waals surface area contributed by atoms with Gasteiger partial charge in [0.2, 0.25) is 0 Å². The summed E-state index contributed by atoms with van der Waals surface area (Å²) >= 11 is 12.2. The van der Waals surface area contributed by atoms with E-state index in [-0.39, 0.29) is 16.5 Å². The third-order valence-electron chi connectivity index (χ3n) is 2.85. The number of para-hydroxylation sites is 1. The van der Waals surface area contributed by atoms with Crippen LogP contribution in [0.5, 0.6) is 0 Å². The van der Waals surface area contributed by atoms with Crippen LogP contribution < -0.4 is 5.73 Å². The van der Waals surface area contributed by atoms with Gasteiger partial charge in [-0.1, -0.05) is 29.3 Å². The van der Waals surface area contributed by atoms with E-state index in [0.717, 1.165) is 0 Å². The van der Waals surface area contributed by atoms with Gasteiger partial charge < -0.3 is 5.73 Å². The second-order valence-electron chi connectivity index (χ2n) is 4.22. The lowest BCUT2D eigenvalue weighted by atomic mass is 10.2. The van der Waals surface area contributed by atoms with E-state index in [1.165, 1.54) is 16.8 Å². The molecule has 0 bridgehead atoms. The topological polar surface area (TPSA) is 69.6 Å². The predicted octanol–water partition coefficient (Wildman–Crippen LogP) is 3.36. The van der Waals surface area contributed by atoms with Crippen LogP contribution >= 0.6 is 23.2 Å². The summed E-state index contributed by atoms with van der Waals surface area (Å²) in [4.78, 5) is 0. The Morgan fingerprint density at radius 1 is 1.10 bits per heavy atom. The molecule has 0 spiro atoms. The van der Waals surface area contributed by atoms with Crippen LogP contribution in [-0.4, -0.2) is 20.2 Å². The monoisotopic (exact) mass is 323 g/mol. The highest BCUT2D eigenvalue weighted by atomic mass is 35.5. The quantitative estimate of drug-likeness (QED) is 0.734. The zero-order valence-electron chi connectivity index (χ0n) is 10.5. The lowest BCUT2D eigenvalue weighted by Gasteiger charge is -2.09. The summed E-state index contributed by atoms with van der Waals surface area (Å²) in [5.74, 6) is -0.269. The number of nitrogens with zero attached hydrogens (tertiary/aromatic N) is 4. The van der Waals surface area contributed by atoms with Gasteiger partial charge >= 0.3 is 0 Å². The molecule has 0 radical (unpaired) electrons. The maximum Gasteiger partial charge on any atom is 0.188 e. The molecule has 2 N–H and O–H groups in total. The molecule has 21 heavy (non-hydrogen) atoms. The molecule has 0 amide bonds. The van der Waals surface area contributed by atoms with Crippen LogP contribution in [0.2, 0.25) is 10.0 Å². The minimum atomic E-state index is -0.539. The van der Waals surface area contributed by atoms with Gasteiger partial charge in [0, 0.05) is 11.3 Å². The van der Waals surface area contributed by atoms with Gasteiger partial charge in [-0.2, -0.15) is 4.68 Å². The highest BCUT2D eigenvalue weighted by Crippen LogP contribution is 2.31. The molecule has 0 saturated heterocycles. The van der Waals surface area contributed by atoms with E-state index in [2.05, 4.69) is 15.5 Å². The Morgan fingerprint density at radius 2 is 1.90 bits per heavy atom. The summed E-state index contributed by atoms with van der Waals surface area (Å²) < 4.78 is 15.2. The average molecular weight is 324 g/mol. The van der Waals surface area contributed by atoms with Gasteiger partial charge in [-0.15, -0.1) is 5.10 Å². The third-order valence-corrected chi connectivity index (χ3v) is 3.47. The fraction of sp³-hybridized carbons (Fsp3) is 0. The number of benzene rings is 2. The van der Waals surface area contributed by atoms with E-state index < -0.39 is 5.82 Å². The summed E-state index contributed by atoms with van der Waals surface area (Å²) in [7, 11) is 0. The Balaban J connectivity index is 2.22. The molecular formula is C13H8Cl2FN5. The van der Waals surface area contributed by atoms with Crippen molar-refractivity contribution >= 4 is 28.9 Å². The number of rotatable bonds is 2. The van der Waals surface area contributed by atoms with Gasteiger partial charge in [-0.25, -0.2) is 4.39 Å². The van der Waals surface area contributed by atoms with E-state index in [4.69, 9.17) is 28.9 Å². The average Bonchev–Trinajstić information content (AvgIpc) is 2.87. The fourth-order valence-electron chi connectivity index (χ4n) is 1.91. The van der Waals surface area contributed by atoms with Gasteiger partial charge in [0.15, 0.2) is 11.6 Å². The van der Waals surface area contributed by atoms with Crippen molar-refractivity contribution in [2.75, 3.05) is 5.73 Å². The van der Waals surface area contributed by atoms with Gasteiger partial charge in [0.05, 0.1) is 10.0 Å². The number of tetrazole rings is 1. The molecule has 0 atom stereocenters.